The van der Waals surface area contributed by atoms with E-state index in [0.717, 1.165) is 96.6 Å². The van der Waals surface area contributed by atoms with Gasteiger partial charge in [-0.3, -0.25) is 14.4 Å². The summed E-state index contributed by atoms with van der Waals surface area (Å²) in [7, 11) is 2.02. The van der Waals surface area contributed by atoms with E-state index >= 15 is 0 Å². The van der Waals surface area contributed by atoms with E-state index in [1.165, 1.54) is 44.9 Å². The Morgan fingerprint density at radius 2 is 0.923 bits per heavy atom. The van der Waals surface area contributed by atoms with Gasteiger partial charge >= 0.3 is 24.1 Å². The fourth-order valence-electron chi connectivity index (χ4n) is 5.84. The van der Waals surface area contributed by atoms with Crippen LogP contribution in [0.2, 0.25) is 0 Å². The zero-order valence-corrected chi connectivity index (χ0v) is 34.2. The minimum atomic E-state index is -0.909. The van der Waals surface area contributed by atoms with E-state index < -0.39 is 24.3 Å². The highest BCUT2D eigenvalue weighted by Crippen LogP contribution is 2.17. The highest BCUT2D eigenvalue weighted by Gasteiger charge is 2.22. The molecule has 10 heteroatoms. The van der Waals surface area contributed by atoms with Crippen molar-refractivity contribution in [2.24, 2.45) is 0 Å². The number of esters is 3. The average molecular weight is 742 g/mol. The Labute approximate surface area is 318 Å². The maximum Gasteiger partial charge on any atom is 0.508 e. The summed E-state index contributed by atoms with van der Waals surface area (Å²) in [5.74, 6) is -1.24. The summed E-state index contributed by atoms with van der Waals surface area (Å²) in [6.07, 6.45) is 22.2. The Morgan fingerprint density at radius 1 is 0.462 bits per heavy atom. The Balaban J connectivity index is 5.06. The van der Waals surface area contributed by atoms with Crippen molar-refractivity contribution in [2.45, 2.75) is 207 Å². The molecule has 0 saturated carbocycles. The molecule has 0 aliphatic heterocycles. The van der Waals surface area contributed by atoms with Crippen molar-refractivity contribution in [1.82, 2.24) is 4.90 Å². The molecule has 0 spiro atoms. The second-order valence-corrected chi connectivity index (χ2v) is 14.4. The van der Waals surface area contributed by atoms with Crippen LogP contribution in [0.4, 0.5) is 4.79 Å². The molecule has 0 aromatic rings. The van der Waals surface area contributed by atoms with Gasteiger partial charge in [-0.05, 0) is 52.1 Å². The lowest BCUT2D eigenvalue weighted by molar-refractivity contribution is -0.167. The first-order valence-electron chi connectivity index (χ1n) is 21.3. The fourth-order valence-corrected chi connectivity index (χ4v) is 5.84. The molecule has 0 saturated heterocycles. The maximum atomic E-state index is 13.0. The molecule has 0 amide bonds. The predicted molar refractivity (Wildman–Crippen MR) is 208 cm³/mol. The third-order valence-corrected chi connectivity index (χ3v) is 9.38. The van der Waals surface area contributed by atoms with E-state index in [4.69, 9.17) is 23.7 Å². The van der Waals surface area contributed by atoms with Crippen molar-refractivity contribution >= 4 is 24.1 Å². The molecule has 0 aliphatic rings. The molecule has 0 aromatic heterocycles. The van der Waals surface area contributed by atoms with Gasteiger partial charge in [-0.25, -0.2) is 4.79 Å². The summed E-state index contributed by atoms with van der Waals surface area (Å²) in [5.41, 5.74) is 0. The first-order valence-corrected chi connectivity index (χ1v) is 21.3. The lowest BCUT2D eigenvalue weighted by Crippen LogP contribution is -2.31. The minimum Gasteiger partial charge on any atom is -0.462 e. The van der Waals surface area contributed by atoms with Crippen LogP contribution in [-0.2, 0) is 38.1 Å². The van der Waals surface area contributed by atoms with Crippen LogP contribution in [0, 0.1) is 0 Å². The van der Waals surface area contributed by atoms with Crippen LogP contribution in [0.3, 0.4) is 0 Å². The van der Waals surface area contributed by atoms with Crippen molar-refractivity contribution in [2.75, 3.05) is 40.0 Å². The van der Waals surface area contributed by atoms with Crippen LogP contribution in [0.25, 0.3) is 0 Å². The van der Waals surface area contributed by atoms with Gasteiger partial charge in [-0.2, -0.15) is 0 Å². The monoisotopic (exact) mass is 742 g/mol. The minimum absolute atomic E-state index is 0.00422. The van der Waals surface area contributed by atoms with E-state index in [0.29, 0.717) is 25.7 Å². The highest BCUT2D eigenvalue weighted by molar-refractivity contribution is 5.71. The van der Waals surface area contributed by atoms with Crippen LogP contribution in [0.1, 0.15) is 195 Å². The van der Waals surface area contributed by atoms with Gasteiger partial charge < -0.3 is 28.6 Å². The molecule has 1 atom stereocenters. The smallest absolute Gasteiger partial charge is 0.462 e. The fraction of sp³-hybridized carbons (Fsp3) is 0.905. The quantitative estimate of drug-likeness (QED) is 0.0346. The van der Waals surface area contributed by atoms with Gasteiger partial charge in [0.15, 0.2) is 6.10 Å². The van der Waals surface area contributed by atoms with Gasteiger partial charge in [-0.1, -0.05) is 137 Å². The van der Waals surface area contributed by atoms with Gasteiger partial charge in [0.05, 0.1) is 6.61 Å². The Kier molecular flexibility index (Phi) is 35.3. The Morgan fingerprint density at radius 3 is 1.40 bits per heavy atom. The van der Waals surface area contributed by atoms with Crippen LogP contribution < -0.4 is 0 Å². The Hall–Kier alpha value is -2.36. The van der Waals surface area contributed by atoms with Crippen LogP contribution >= 0.6 is 0 Å². The zero-order valence-electron chi connectivity index (χ0n) is 34.2. The molecule has 0 bridgehead atoms. The molecule has 0 aliphatic carbocycles. The molecule has 1 unspecified atom stereocenters. The first kappa shape index (κ1) is 49.6. The molecule has 0 radical (unpaired) electrons. The van der Waals surface area contributed by atoms with E-state index in [1.54, 1.807) is 0 Å². The second kappa shape index (κ2) is 37.0. The number of rotatable bonds is 37. The third-order valence-electron chi connectivity index (χ3n) is 9.38. The molecule has 0 aromatic carbocycles. The lowest BCUT2D eigenvalue weighted by atomic mass is 10.0. The molecule has 0 N–H and O–H groups in total. The van der Waals surface area contributed by atoms with Crippen molar-refractivity contribution in [3.8, 4) is 0 Å². The predicted octanol–water partition coefficient (Wildman–Crippen LogP) is 10.7. The summed E-state index contributed by atoms with van der Waals surface area (Å²) in [6, 6.07) is 0. The van der Waals surface area contributed by atoms with Crippen molar-refractivity contribution in [3.05, 3.63) is 0 Å². The van der Waals surface area contributed by atoms with E-state index in [9.17, 15) is 19.2 Å². The molecular weight excluding hydrogens is 662 g/mol. The number of ether oxygens (including phenoxy) is 5. The van der Waals surface area contributed by atoms with Crippen LogP contribution in [-0.4, -0.2) is 81.1 Å². The maximum absolute atomic E-state index is 13.0. The number of carbonyl (C=O) groups is 4. The van der Waals surface area contributed by atoms with Gasteiger partial charge in [0, 0.05) is 25.8 Å². The zero-order chi connectivity index (χ0) is 38.5. The summed E-state index contributed by atoms with van der Waals surface area (Å²) < 4.78 is 27.6. The molecule has 52 heavy (non-hydrogen) atoms. The number of unbranched alkanes of at least 4 members (excludes halogenated alkanes) is 17. The summed E-state index contributed by atoms with van der Waals surface area (Å²) in [5, 5.41) is 0. The summed E-state index contributed by atoms with van der Waals surface area (Å²) in [6.45, 7) is 10.3. The first-order chi connectivity index (χ1) is 25.2. The number of hydrogen-bond donors (Lipinski definition) is 0. The van der Waals surface area contributed by atoms with Crippen molar-refractivity contribution in [1.29, 1.82) is 0 Å². The standard InChI is InChI=1S/C42H79NO9/c1-6-10-13-16-17-18-19-20-23-24-28-37(52-42(47)48-34-27-33-43(5)9-4)31-32-41(46)51-38(35-49-39(44)29-25-21-14-11-7-2)36-50-40(45)30-26-22-15-12-8-3/h37-38H,6-36H2,1-5H3. The summed E-state index contributed by atoms with van der Waals surface area (Å²) >= 11 is 0. The van der Waals surface area contributed by atoms with Crippen molar-refractivity contribution < 1.29 is 42.9 Å². The van der Waals surface area contributed by atoms with Gasteiger partial charge in [0.25, 0.3) is 0 Å². The highest BCUT2D eigenvalue weighted by atomic mass is 16.7. The molecule has 10 nitrogen and oxygen atoms in total. The van der Waals surface area contributed by atoms with Crippen LogP contribution in [0.5, 0.6) is 0 Å². The average Bonchev–Trinajstić information content (AvgIpc) is 3.13. The SMILES string of the molecule is CCCCCCCCCCCCC(CCC(=O)OC(COC(=O)CCCCCCC)COC(=O)CCCCCCC)OC(=O)OCCCN(C)CC. The number of hydrogen-bond acceptors (Lipinski definition) is 10. The molecule has 0 heterocycles. The van der Waals surface area contributed by atoms with E-state index in [-0.39, 0.29) is 44.6 Å². The van der Waals surface area contributed by atoms with E-state index in [1.807, 2.05) is 7.05 Å². The Bertz CT molecular complexity index is 838. The molecular formula is C42H79NO9. The van der Waals surface area contributed by atoms with Gasteiger partial charge in [0.2, 0.25) is 0 Å². The van der Waals surface area contributed by atoms with Crippen molar-refractivity contribution in [3.63, 3.8) is 0 Å². The lowest BCUT2D eigenvalue weighted by Gasteiger charge is -2.20. The largest absolute Gasteiger partial charge is 0.508 e. The normalized spacial score (nSPS) is 11.8. The third kappa shape index (κ3) is 33.5. The molecule has 306 valence electrons. The second-order valence-electron chi connectivity index (χ2n) is 14.4. The van der Waals surface area contributed by atoms with Gasteiger partial charge in [0.1, 0.15) is 19.3 Å². The molecule has 0 fully saturated rings. The number of nitrogens with zero attached hydrogens (tertiary/aromatic N) is 1. The molecule has 0 rings (SSSR count). The van der Waals surface area contributed by atoms with Gasteiger partial charge in [-0.15, -0.1) is 0 Å². The topological polar surface area (TPSA) is 118 Å². The number of carbonyl (C=O) groups excluding carboxylic acids is 4. The van der Waals surface area contributed by atoms with Crippen LogP contribution in [0.15, 0.2) is 0 Å². The summed E-state index contributed by atoms with van der Waals surface area (Å²) in [4.78, 5) is 52.5. The van der Waals surface area contributed by atoms with E-state index in [2.05, 4.69) is 32.6 Å².